The largest absolute Gasteiger partial charge is 0.356 e. The predicted molar refractivity (Wildman–Crippen MR) is 125 cm³/mol. The molecule has 0 amide bonds. The standard InChI is InChI=1S/C21H26N6.HI/c1-16-13-17(2)27(26-16)20-10-9-19(14-24-20)15-25-21(22-3)23-12-11-18-7-5-4-6-8-18;/h4-10,13-14H,11-12,15H2,1-3H3,(H2,22,23,25);1H. The van der Waals surface area contributed by atoms with Crippen molar-refractivity contribution in [2.45, 2.75) is 26.8 Å². The Kier molecular flexibility index (Phi) is 8.43. The second kappa shape index (κ2) is 10.8. The summed E-state index contributed by atoms with van der Waals surface area (Å²) in [5.74, 6) is 1.61. The van der Waals surface area contributed by atoms with Crippen molar-refractivity contribution < 1.29 is 0 Å². The lowest BCUT2D eigenvalue weighted by atomic mass is 10.1. The molecule has 2 N–H and O–H groups in total. The molecule has 0 atom stereocenters. The normalized spacial score (nSPS) is 11.0. The van der Waals surface area contributed by atoms with Crippen molar-refractivity contribution in [3.63, 3.8) is 0 Å². The Morgan fingerprint density at radius 1 is 1.04 bits per heavy atom. The van der Waals surface area contributed by atoms with Crippen LogP contribution in [0.4, 0.5) is 0 Å². The van der Waals surface area contributed by atoms with E-state index in [1.54, 1.807) is 7.05 Å². The van der Waals surface area contributed by atoms with Gasteiger partial charge in [0.1, 0.15) is 0 Å². The maximum absolute atomic E-state index is 4.53. The number of hydrogen-bond acceptors (Lipinski definition) is 3. The lowest BCUT2D eigenvalue weighted by Gasteiger charge is -2.12. The third-order valence-corrected chi connectivity index (χ3v) is 4.27. The zero-order valence-corrected chi connectivity index (χ0v) is 18.8. The minimum Gasteiger partial charge on any atom is -0.356 e. The molecule has 7 heteroatoms. The SMILES string of the molecule is CN=C(NCCc1ccccc1)NCc1ccc(-n2nc(C)cc2C)nc1.I. The lowest BCUT2D eigenvalue weighted by Crippen LogP contribution is -2.37. The first-order chi connectivity index (χ1) is 13.2. The topological polar surface area (TPSA) is 67.1 Å². The number of pyridine rings is 1. The van der Waals surface area contributed by atoms with E-state index in [0.717, 1.165) is 41.7 Å². The molecule has 0 aliphatic carbocycles. The molecule has 0 unspecified atom stereocenters. The molecule has 2 aromatic heterocycles. The maximum atomic E-state index is 4.53. The zero-order chi connectivity index (χ0) is 19.1. The number of halogens is 1. The molecule has 0 fully saturated rings. The minimum absolute atomic E-state index is 0. The summed E-state index contributed by atoms with van der Waals surface area (Å²) >= 11 is 0. The molecule has 0 saturated carbocycles. The van der Waals surface area contributed by atoms with Gasteiger partial charge in [-0.3, -0.25) is 4.99 Å². The van der Waals surface area contributed by atoms with Crippen LogP contribution in [-0.2, 0) is 13.0 Å². The Balaban J connectivity index is 0.00000280. The van der Waals surface area contributed by atoms with Crippen molar-refractivity contribution in [3.8, 4) is 5.82 Å². The van der Waals surface area contributed by atoms with E-state index in [9.17, 15) is 0 Å². The molecular formula is C21H27IN6. The van der Waals surface area contributed by atoms with Crippen LogP contribution >= 0.6 is 24.0 Å². The smallest absolute Gasteiger partial charge is 0.191 e. The lowest BCUT2D eigenvalue weighted by molar-refractivity contribution is 0.784. The summed E-state index contributed by atoms with van der Waals surface area (Å²) in [5, 5.41) is 11.1. The van der Waals surface area contributed by atoms with Gasteiger partial charge in [-0.2, -0.15) is 5.10 Å². The van der Waals surface area contributed by atoms with Gasteiger partial charge in [-0.15, -0.1) is 24.0 Å². The highest BCUT2D eigenvalue weighted by atomic mass is 127. The van der Waals surface area contributed by atoms with Crippen molar-refractivity contribution in [1.82, 2.24) is 25.4 Å². The maximum Gasteiger partial charge on any atom is 0.191 e. The van der Waals surface area contributed by atoms with Crippen molar-refractivity contribution in [3.05, 3.63) is 77.2 Å². The van der Waals surface area contributed by atoms with Crippen LogP contribution in [-0.4, -0.2) is 34.3 Å². The first-order valence-corrected chi connectivity index (χ1v) is 9.13. The van der Waals surface area contributed by atoms with Crippen LogP contribution in [0.2, 0.25) is 0 Å². The highest BCUT2D eigenvalue weighted by Gasteiger charge is 2.05. The molecule has 1 aromatic carbocycles. The molecule has 0 aliphatic rings. The van der Waals surface area contributed by atoms with Gasteiger partial charge in [-0.1, -0.05) is 36.4 Å². The van der Waals surface area contributed by atoms with E-state index in [-0.39, 0.29) is 24.0 Å². The van der Waals surface area contributed by atoms with Crippen molar-refractivity contribution in [2.24, 2.45) is 4.99 Å². The van der Waals surface area contributed by atoms with E-state index in [1.165, 1.54) is 5.56 Å². The quantitative estimate of drug-likeness (QED) is 0.316. The van der Waals surface area contributed by atoms with Crippen molar-refractivity contribution in [2.75, 3.05) is 13.6 Å². The highest BCUT2D eigenvalue weighted by molar-refractivity contribution is 14.0. The summed E-state index contributed by atoms with van der Waals surface area (Å²) in [6.45, 7) is 5.51. The van der Waals surface area contributed by atoms with Gasteiger partial charge >= 0.3 is 0 Å². The molecule has 148 valence electrons. The van der Waals surface area contributed by atoms with E-state index in [0.29, 0.717) is 6.54 Å². The Bertz CT molecular complexity index is 887. The molecule has 0 aliphatic heterocycles. The van der Waals surface area contributed by atoms with E-state index in [2.05, 4.69) is 56.0 Å². The molecule has 0 radical (unpaired) electrons. The van der Waals surface area contributed by atoms with Gasteiger partial charge in [0.2, 0.25) is 0 Å². The van der Waals surface area contributed by atoms with Crippen LogP contribution < -0.4 is 10.6 Å². The van der Waals surface area contributed by atoms with E-state index in [4.69, 9.17) is 0 Å². The molecule has 3 rings (SSSR count). The number of benzene rings is 1. The van der Waals surface area contributed by atoms with Crippen molar-refractivity contribution in [1.29, 1.82) is 0 Å². The molecule has 2 heterocycles. The summed E-state index contributed by atoms with van der Waals surface area (Å²) in [7, 11) is 1.78. The monoisotopic (exact) mass is 490 g/mol. The number of aryl methyl sites for hydroxylation is 2. The van der Waals surface area contributed by atoms with Crippen LogP contribution in [0.5, 0.6) is 0 Å². The van der Waals surface area contributed by atoms with Gasteiger partial charge in [0, 0.05) is 32.0 Å². The van der Waals surface area contributed by atoms with E-state index >= 15 is 0 Å². The Labute approximate surface area is 183 Å². The molecule has 0 spiro atoms. The van der Waals surface area contributed by atoms with Gasteiger partial charge in [0.25, 0.3) is 0 Å². The third-order valence-electron chi connectivity index (χ3n) is 4.27. The van der Waals surface area contributed by atoms with Crippen LogP contribution in [0.3, 0.4) is 0 Å². The number of rotatable bonds is 6. The first kappa shape index (κ1) is 21.9. The average molecular weight is 490 g/mol. The number of hydrogen-bond donors (Lipinski definition) is 2. The number of nitrogens with one attached hydrogen (secondary N) is 2. The molecule has 28 heavy (non-hydrogen) atoms. The van der Waals surface area contributed by atoms with Crippen molar-refractivity contribution >= 4 is 29.9 Å². The summed E-state index contributed by atoms with van der Waals surface area (Å²) in [4.78, 5) is 8.80. The molecule has 0 bridgehead atoms. The number of aliphatic imine (C=N–C) groups is 1. The highest BCUT2D eigenvalue weighted by Crippen LogP contribution is 2.10. The molecule has 3 aromatic rings. The Hall–Kier alpha value is -2.42. The summed E-state index contributed by atoms with van der Waals surface area (Å²) in [6, 6.07) is 16.5. The van der Waals surface area contributed by atoms with Crippen LogP contribution in [0, 0.1) is 13.8 Å². The molecule has 6 nitrogen and oxygen atoms in total. The fourth-order valence-corrected chi connectivity index (χ4v) is 2.88. The second-order valence-corrected chi connectivity index (χ2v) is 6.45. The predicted octanol–water partition coefficient (Wildman–Crippen LogP) is 3.41. The second-order valence-electron chi connectivity index (χ2n) is 6.45. The fraction of sp³-hybridized carbons (Fsp3) is 0.286. The van der Waals surface area contributed by atoms with Crippen LogP contribution in [0.15, 0.2) is 59.7 Å². The van der Waals surface area contributed by atoms with Gasteiger partial charge in [-0.05, 0) is 43.5 Å². The third kappa shape index (κ3) is 6.05. The Morgan fingerprint density at radius 3 is 2.43 bits per heavy atom. The number of guanidine groups is 1. The van der Waals surface area contributed by atoms with Crippen LogP contribution in [0.25, 0.3) is 5.82 Å². The zero-order valence-electron chi connectivity index (χ0n) is 16.5. The van der Waals surface area contributed by atoms with E-state index in [1.807, 2.05) is 42.9 Å². The fourth-order valence-electron chi connectivity index (χ4n) is 2.88. The summed E-state index contributed by atoms with van der Waals surface area (Å²) in [5.41, 5.74) is 4.47. The molecule has 0 saturated heterocycles. The molecular weight excluding hydrogens is 463 g/mol. The van der Waals surface area contributed by atoms with Crippen LogP contribution in [0.1, 0.15) is 22.5 Å². The van der Waals surface area contributed by atoms with Gasteiger partial charge in [0.05, 0.1) is 5.69 Å². The number of nitrogens with zero attached hydrogens (tertiary/aromatic N) is 4. The Morgan fingerprint density at radius 2 is 1.82 bits per heavy atom. The van der Waals surface area contributed by atoms with Gasteiger partial charge < -0.3 is 10.6 Å². The summed E-state index contributed by atoms with van der Waals surface area (Å²) in [6.07, 6.45) is 2.83. The first-order valence-electron chi connectivity index (χ1n) is 9.13. The average Bonchev–Trinajstić information content (AvgIpc) is 3.04. The van der Waals surface area contributed by atoms with Gasteiger partial charge in [0.15, 0.2) is 11.8 Å². The number of aromatic nitrogens is 3. The van der Waals surface area contributed by atoms with E-state index < -0.39 is 0 Å². The summed E-state index contributed by atoms with van der Waals surface area (Å²) < 4.78 is 1.86. The van der Waals surface area contributed by atoms with Gasteiger partial charge in [-0.25, -0.2) is 9.67 Å². The minimum atomic E-state index is 0.